The van der Waals surface area contributed by atoms with E-state index in [1.54, 1.807) is 18.3 Å². The maximum Gasteiger partial charge on any atom is 0.303 e. The van der Waals surface area contributed by atoms with Crippen molar-refractivity contribution in [3.8, 4) is 0 Å². The Kier molecular flexibility index (Phi) is 8.80. The van der Waals surface area contributed by atoms with E-state index in [-0.39, 0.29) is 24.9 Å². The van der Waals surface area contributed by atoms with Crippen LogP contribution in [0.25, 0.3) is 10.2 Å². The Hall–Kier alpha value is -2.60. The van der Waals surface area contributed by atoms with Gasteiger partial charge in [0.15, 0.2) is 5.13 Å². The van der Waals surface area contributed by atoms with Crippen LogP contribution in [-0.4, -0.2) is 45.0 Å². The molecule has 1 aliphatic heterocycles. The molecule has 39 heavy (non-hydrogen) atoms. The smallest absolute Gasteiger partial charge is 0.303 e. The van der Waals surface area contributed by atoms with Crippen molar-refractivity contribution in [2.24, 2.45) is 0 Å². The third kappa shape index (κ3) is 6.59. The van der Waals surface area contributed by atoms with Gasteiger partial charge in [-0.15, -0.1) is 11.3 Å². The number of rotatable bonds is 11. The minimum atomic E-state index is -0.828. The average molecular weight is 606 g/mol. The van der Waals surface area contributed by atoms with Gasteiger partial charge in [0.05, 0.1) is 45.9 Å². The number of halogens is 2. The van der Waals surface area contributed by atoms with Gasteiger partial charge >= 0.3 is 5.97 Å². The fraction of sp³-hybridized carbons (Fsp3) is 0.333. The van der Waals surface area contributed by atoms with Gasteiger partial charge < -0.3 is 10.4 Å². The summed E-state index contributed by atoms with van der Waals surface area (Å²) < 4.78 is 1.06. The predicted octanol–water partition coefficient (Wildman–Crippen LogP) is 7.26. The van der Waals surface area contributed by atoms with E-state index in [0.29, 0.717) is 39.4 Å². The van der Waals surface area contributed by atoms with E-state index in [0.717, 1.165) is 32.9 Å². The van der Waals surface area contributed by atoms with Gasteiger partial charge in [0, 0.05) is 22.6 Å². The van der Waals surface area contributed by atoms with Crippen LogP contribution in [0.3, 0.4) is 0 Å². The van der Waals surface area contributed by atoms with Gasteiger partial charge in [-0.3, -0.25) is 14.4 Å². The van der Waals surface area contributed by atoms with Gasteiger partial charge in [-0.05, 0) is 56.0 Å². The van der Waals surface area contributed by atoms with Crippen molar-refractivity contribution < 1.29 is 19.5 Å². The van der Waals surface area contributed by atoms with Crippen LogP contribution < -0.4 is 5.32 Å². The van der Waals surface area contributed by atoms with E-state index < -0.39 is 11.9 Å². The summed E-state index contributed by atoms with van der Waals surface area (Å²) in [4.78, 5) is 39.8. The lowest BCUT2D eigenvalue weighted by atomic mass is 9.96. The number of fused-ring (bicyclic) bond motifs is 1. The number of hydrogen-bond donors (Lipinski definition) is 2. The number of carboxylic acids is 1. The van der Waals surface area contributed by atoms with E-state index in [9.17, 15) is 9.59 Å². The maximum absolute atomic E-state index is 12.7. The number of aryl methyl sites for hydroxylation is 1. The number of ketones is 1. The highest BCUT2D eigenvalue weighted by atomic mass is 35.5. The molecule has 5 rings (SSSR count). The third-order valence-electron chi connectivity index (χ3n) is 6.54. The molecule has 3 heterocycles. The topological polar surface area (TPSA) is 105 Å². The SMILES string of the molecule is CC(=O)C(CON1CCC[C@H]1c1ncc(CCC(=O)O)s1)c1cc(Cl)c(Nc2nc3ccccc3s2)cc1Cl. The Labute approximate surface area is 243 Å². The largest absolute Gasteiger partial charge is 0.481 e. The van der Waals surface area contributed by atoms with Crippen LogP contribution in [0.4, 0.5) is 10.8 Å². The molecule has 1 fully saturated rings. The van der Waals surface area contributed by atoms with Crippen molar-refractivity contribution in [3.05, 3.63) is 68.1 Å². The molecule has 0 spiro atoms. The zero-order valence-corrected chi connectivity index (χ0v) is 24.2. The number of carboxylic acid groups (broad SMARTS) is 1. The summed E-state index contributed by atoms with van der Waals surface area (Å²) >= 11 is 16.3. The molecule has 1 saturated heterocycles. The number of hydroxylamine groups is 2. The molecular formula is C27H26Cl2N4O4S2. The fourth-order valence-electron chi connectivity index (χ4n) is 4.53. The zero-order valence-electron chi connectivity index (χ0n) is 21.0. The fourth-order valence-corrected chi connectivity index (χ4v) is 6.97. The van der Waals surface area contributed by atoms with Crippen molar-refractivity contribution >= 4 is 78.7 Å². The van der Waals surface area contributed by atoms with Crippen LogP contribution in [0, 0.1) is 0 Å². The molecule has 0 bridgehead atoms. The molecule has 1 aliphatic rings. The lowest BCUT2D eigenvalue weighted by molar-refractivity contribution is -0.176. The van der Waals surface area contributed by atoms with E-state index in [1.807, 2.05) is 29.3 Å². The van der Waals surface area contributed by atoms with E-state index >= 15 is 0 Å². The Balaban J connectivity index is 1.28. The summed E-state index contributed by atoms with van der Waals surface area (Å²) in [5.41, 5.74) is 2.10. The van der Waals surface area contributed by atoms with Gasteiger partial charge in [0.25, 0.3) is 0 Å². The first-order chi connectivity index (χ1) is 18.8. The summed E-state index contributed by atoms with van der Waals surface area (Å²) in [6.07, 6.45) is 4.07. The monoisotopic (exact) mass is 604 g/mol. The number of nitrogens with zero attached hydrogens (tertiary/aromatic N) is 3. The Bertz CT molecular complexity index is 1480. The van der Waals surface area contributed by atoms with Crippen molar-refractivity contribution in [2.75, 3.05) is 18.5 Å². The number of para-hydroxylation sites is 1. The minimum Gasteiger partial charge on any atom is -0.481 e. The third-order valence-corrected chi connectivity index (χ3v) is 9.29. The second kappa shape index (κ2) is 12.3. The van der Waals surface area contributed by atoms with Crippen molar-refractivity contribution in [2.45, 2.75) is 44.6 Å². The van der Waals surface area contributed by atoms with Crippen molar-refractivity contribution in [1.29, 1.82) is 0 Å². The second-order valence-corrected chi connectivity index (χ2v) is 12.3. The predicted molar refractivity (Wildman–Crippen MR) is 155 cm³/mol. The second-order valence-electron chi connectivity index (χ2n) is 9.28. The van der Waals surface area contributed by atoms with E-state index in [4.69, 9.17) is 33.1 Å². The summed E-state index contributed by atoms with van der Waals surface area (Å²) in [5.74, 6) is -1.51. The van der Waals surface area contributed by atoms with Crippen molar-refractivity contribution in [3.63, 3.8) is 0 Å². The highest BCUT2D eigenvalue weighted by molar-refractivity contribution is 7.22. The summed E-state index contributed by atoms with van der Waals surface area (Å²) in [5, 5.41) is 16.5. The average Bonchev–Trinajstić information content (AvgIpc) is 3.64. The number of Topliss-reactive ketones (excluding diaryl/α,β-unsaturated/α-hetero) is 1. The molecule has 8 nitrogen and oxygen atoms in total. The number of benzene rings is 2. The number of nitrogens with one attached hydrogen (secondary N) is 1. The highest BCUT2D eigenvalue weighted by Crippen LogP contribution is 2.39. The molecule has 2 N–H and O–H groups in total. The van der Waals surface area contributed by atoms with Gasteiger partial charge in [-0.1, -0.05) is 46.7 Å². The molecule has 12 heteroatoms. The van der Waals surface area contributed by atoms with Gasteiger partial charge in [0.1, 0.15) is 10.8 Å². The highest BCUT2D eigenvalue weighted by Gasteiger charge is 2.31. The molecule has 0 amide bonds. The quantitative estimate of drug-likeness (QED) is 0.184. The molecule has 2 aromatic heterocycles. The first-order valence-electron chi connectivity index (χ1n) is 12.5. The van der Waals surface area contributed by atoms with Crippen LogP contribution in [0.2, 0.25) is 10.0 Å². The molecule has 0 aliphatic carbocycles. The van der Waals surface area contributed by atoms with E-state index in [2.05, 4.69) is 15.3 Å². The number of anilines is 2. The van der Waals surface area contributed by atoms with Crippen LogP contribution in [0.15, 0.2) is 42.6 Å². The molecule has 0 saturated carbocycles. The molecule has 2 atom stereocenters. The molecule has 1 unspecified atom stereocenters. The number of hydrogen-bond acceptors (Lipinski definition) is 9. The van der Waals surface area contributed by atoms with Gasteiger partial charge in [-0.2, -0.15) is 5.06 Å². The molecular weight excluding hydrogens is 579 g/mol. The number of carbonyl (C=O) groups excluding carboxylic acids is 1. The van der Waals surface area contributed by atoms with Gasteiger partial charge in [0.2, 0.25) is 0 Å². The van der Waals surface area contributed by atoms with Crippen LogP contribution in [0.5, 0.6) is 0 Å². The maximum atomic E-state index is 12.7. The molecule has 4 aromatic rings. The van der Waals surface area contributed by atoms with Crippen LogP contribution >= 0.6 is 45.9 Å². The minimum absolute atomic E-state index is 0.0411. The first kappa shape index (κ1) is 27.9. The first-order valence-corrected chi connectivity index (χ1v) is 14.9. The molecule has 204 valence electrons. The summed E-state index contributed by atoms with van der Waals surface area (Å²) in [6, 6.07) is 11.2. The van der Waals surface area contributed by atoms with Gasteiger partial charge in [-0.25, -0.2) is 9.97 Å². The molecule has 0 radical (unpaired) electrons. The Morgan fingerprint density at radius 2 is 2.05 bits per heavy atom. The van der Waals surface area contributed by atoms with Crippen LogP contribution in [-0.2, 0) is 20.8 Å². The zero-order chi connectivity index (χ0) is 27.5. The normalized spacial score (nSPS) is 16.5. The number of aliphatic carboxylic acids is 1. The standard InChI is InChI=1S/C27H26Cl2N4O4S2/c1-15(34)18(14-37-33-10-4-6-23(33)26-30-13-16(38-26)8-9-25(35)36)17-11-20(29)22(12-19(17)28)32-27-31-21-5-2-3-7-24(21)39-27/h2-3,5,7,11-13,18,23H,4,6,8-10,14H2,1H3,(H,31,32)(H,35,36)/t18?,23-/m0/s1. The number of aromatic nitrogens is 2. The Morgan fingerprint density at radius 3 is 2.82 bits per heavy atom. The Morgan fingerprint density at radius 1 is 1.23 bits per heavy atom. The number of thiazole rings is 2. The number of carbonyl (C=O) groups is 2. The van der Waals surface area contributed by atoms with Crippen molar-refractivity contribution in [1.82, 2.24) is 15.0 Å². The molecule has 2 aromatic carbocycles. The summed E-state index contributed by atoms with van der Waals surface area (Å²) in [6.45, 7) is 2.34. The lowest BCUT2D eigenvalue weighted by Crippen LogP contribution is -2.28. The lowest BCUT2D eigenvalue weighted by Gasteiger charge is -2.25. The van der Waals surface area contributed by atoms with Crippen LogP contribution in [0.1, 0.15) is 53.6 Å². The van der Waals surface area contributed by atoms with E-state index in [1.165, 1.54) is 29.6 Å². The summed E-state index contributed by atoms with van der Waals surface area (Å²) in [7, 11) is 0.